The fraction of sp³-hybridized carbons (Fsp3) is 0.700. The normalized spacial score (nSPS) is 12.9. The predicted molar refractivity (Wildman–Crippen MR) is 57.4 cm³/mol. The molecule has 0 bridgehead atoms. The Morgan fingerprint density at radius 1 is 1.31 bits per heavy atom. The van der Waals surface area contributed by atoms with Crippen LogP contribution in [-0.2, 0) is 14.4 Å². The van der Waals surface area contributed by atoms with Crippen LogP contribution in [0.3, 0.4) is 0 Å². The molecule has 0 fully saturated rings. The molecule has 0 heterocycles. The van der Waals surface area contributed by atoms with Crippen LogP contribution in [0.5, 0.6) is 0 Å². The highest BCUT2D eigenvalue weighted by atomic mass is 16.4. The molecule has 16 heavy (non-hydrogen) atoms. The van der Waals surface area contributed by atoms with Gasteiger partial charge in [-0.25, -0.2) is 0 Å². The zero-order valence-corrected chi connectivity index (χ0v) is 9.74. The van der Waals surface area contributed by atoms with Crippen molar-refractivity contribution >= 4 is 17.8 Å². The van der Waals surface area contributed by atoms with Crippen LogP contribution in [0, 0.1) is 5.92 Å². The van der Waals surface area contributed by atoms with E-state index >= 15 is 0 Å². The first kappa shape index (κ1) is 14.4. The third-order valence-corrected chi connectivity index (χ3v) is 2.12. The number of aliphatic carboxylic acids is 1. The van der Waals surface area contributed by atoms with Crippen molar-refractivity contribution in [3.05, 3.63) is 0 Å². The molecule has 1 atom stereocenters. The number of hydrogen-bond donors (Lipinski definition) is 3. The van der Waals surface area contributed by atoms with Gasteiger partial charge in [-0.15, -0.1) is 0 Å². The SMILES string of the molecule is CC(CC(=O)O)CC(=O)NC(C)(C)C(N)=O. The van der Waals surface area contributed by atoms with Gasteiger partial charge in [0.2, 0.25) is 11.8 Å². The third kappa shape index (κ3) is 5.33. The zero-order chi connectivity index (χ0) is 12.9. The molecule has 0 aliphatic heterocycles. The molecule has 6 heteroatoms. The molecule has 0 aliphatic carbocycles. The van der Waals surface area contributed by atoms with Crippen molar-refractivity contribution in [3.63, 3.8) is 0 Å². The zero-order valence-electron chi connectivity index (χ0n) is 9.74. The lowest BCUT2D eigenvalue weighted by Crippen LogP contribution is -2.53. The molecular weight excluding hydrogens is 212 g/mol. The average Bonchev–Trinajstić information content (AvgIpc) is 1.99. The Labute approximate surface area is 94.2 Å². The molecule has 2 amide bonds. The highest BCUT2D eigenvalue weighted by molar-refractivity contribution is 5.89. The highest BCUT2D eigenvalue weighted by Crippen LogP contribution is 2.09. The Morgan fingerprint density at radius 2 is 1.81 bits per heavy atom. The third-order valence-electron chi connectivity index (χ3n) is 2.12. The van der Waals surface area contributed by atoms with E-state index in [4.69, 9.17) is 10.8 Å². The molecule has 0 aliphatic rings. The monoisotopic (exact) mass is 230 g/mol. The first-order valence-electron chi connectivity index (χ1n) is 4.98. The Bertz CT molecular complexity index is 299. The second-order valence-corrected chi connectivity index (χ2v) is 4.44. The number of carbonyl (C=O) groups is 3. The summed E-state index contributed by atoms with van der Waals surface area (Å²) in [5.41, 5.74) is 3.97. The van der Waals surface area contributed by atoms with E-state index in [1.807, 2.05) is 0 Å². The van der Waals surface area contributed by atoms with E-state index in [1.54, 1.807) is 6.92 Å². The van der Waals surface area contributed by atoms with Crippen LogP contribution in [0.1, 0.15) is 33.6 Å². The van der Waals surface area contributed by atoms with Crippen LogP contribution in [0.25, 0.3) is 0 Å². The molecule has 0 saturated carbocycles. The fourth-order valence-corrected chi connectivity index (χ4v) is 1.15. The molecule has 0 saturated heterocycles. The molecule has 0 rings (SSSR count). The Kier molecular flexibility index (Phi) is 4.94. The van der Waals surface area contributed by atoms with E-state index in [-0.39, 0.29) is 24.7 Å². The van der Waals surface area contributed by atoms with Gasteiger partial charge in [-0.1, -0.05) is 6.92 Å². The quantitative estimate of drug-likeness (QED) is 0.590. The summed E-state index contributed by atoms with van der Waals surface area (Å²) in [4.78, 5) is 32.8. The fourth-order valence-electron chi connectivity index (χ4n) is 1.15. The van der Waals surface area contributed by atoms with Crippen molar-refractivity contribution in [1.82, 2.24) is 5.32 Å². The van der Waals surface area contributed by atoms with E-state index < -0.39 is 17.4 Å². The smallest absolute Gasteiger partial charge is 0.303 e. The minimum Gasteiger partial charge on any atom is -0.481 e. The van der Waals surface area contributed by atoms with Crippen molar-refractivity contribution in [2.24, 2.45) is 11.7 Å². The Hall–Kier alpha value is -1.59. The summed E-state index contributed by atoms with van der Waals surface area (Å²) in [7, 11) is 0. The van der Waals surface area contributed by atoms with E-state index in [9.17, 15) is 14.4 Å². The minimum absolute atomic E-state index is 0.0585. The summed E-state index contributed by atoms with van der Waals surface area (Å²) in [5, 5.41) is 11.0. The van der Waals surface area contributed by atoms with Crippen molar-refractivity contribution in [3.8, 4) is 0 Å². The molecule has 1 unspecified atom stereocenters. The number of amides is 2. The van der Waals surface area contributed by atoms with E-state index in [2.05, 4.69) is 5.32 Å². The van der Waals surface area contributed by atoms with Crippen LogP contribution >= 0.6 is 0 Å². The van der Waals surface area contributed by atoms with Crippen LogP contribution < -0.4 is 11.1 Å². The summed E-state index contributed by atoms with van der Waals surface area (Å²) >= 11 is 0. The van der Waals surface area contributed by atoms with Gasteiger partial charge in [0.15, 0.2) is 0 Å². The molecule has 0 radical (unpaired) electrons. The summed E-state index contributed by atoms with van der Waals surface area (Å²) in [6.45, 7) is 4.65. The van der Waals surface area contributed by atoms with E-state index in [0.29, 0.717) is 0 Å². The number of nitrogens with two attached hydrogens (primary N) is 1. The first-order valence-corrected chi connectivity index (χ1v) is 4.98. The van der Waals surface area contributed by atoms with Crippen LogP contribution in [0.2, 0.25) is 0 Å². The van der Waals surface area contributed by atoms with Gasteiger partial charge in [0.05, 0.1) is 0 Å². The standard InChI is InChI=1S/C10H18N2O4/c1-6(5-8(14)15)4-7(13)12-10(2,3)9(11)16/h6H,4-5H2,1-3H3,(H2,11,16)(H,12,13)(H,14,15). The number of hydrogen-bond acceptors (Lipinski definition) is 3. The van der Waals surface area contributed by atoms with E-state index in [0.717, 1.165) is 0 Å². The number of rotatable bonds is 6. The van der Waals surface area contributed by atoms with Gasteiger partial charge in [-0.05, 0) is 19.8 Å². The maximum absolute atomic E-state index is 11.4. The van der Waals surface area contributed by atoms with Gasteiger partial charge < -0.3 is 16.2 Å². The van der Waals surface area contributed by atoms with Gasteiger partial charge >= 0.3 is 5.97 Å². The Morgan fingerprint density at radius 3 is 2.19 bits per heavy atom. The highest BCUT2D eigenvalue weighted by Gasteiger charge is 2.27. The van der Waals surface area contributed by atoms with E-state index in [1.165, 1.54) is 13.8 Å². The van der Waals surface area contributed by atoms with Crippen molar-refractivity contribution < 1.29 is 19.5 Å². The number of carboxylic acids is 1. The average molecular weight is 230 g/mol. The number of carbonyl (C=O) groups excluding carboxylic acids is 2. The second kappa shape index (κ2) is 5.48. The molecule has 0 aromatic carbocycles. The maximum atomic E-state index is 11.4. The van der Waals surface area contributed by atoms with Crippen LogP contribution in [0.15, 0.2) is 0 Å². The van der Waals surface area contributed by atoms with Gasteiger partial charge in [0.25, 0.3) is 0 Å². The number of nitrogens with one attached hydrogen (secondary N) is 1. The lowest BCUT2D eigenvalue weighted by Gasteiger charge is -2.23. The van der Waals surface area contributed by atoms with Crippen LogP contribution in [0.4, 0.5) is 0 Å². The Balaban J connectivity index is 4.19. The van der Waals surface area contributed by atoms with Crippen molar-refractivity contribution in [2.45, 2.75) is 39.2 Å². The maximum Gasteiger partial charge on any atom is 0.303 e. The van der Waals surface area contributed by atoms with Crippen molar-refractivity contribution in [1.29, 1.82) is 0 Å². The van der Waals surface area contributed by atoms with Gasteiger partial charge in [0.1, 0.15) is 5.54 Å². The molecule has 6 nitrogen and oxygen atoms in total. The van der Waals surface area contributed by atoms with Gasteiger partial charge in [0, 0.05) is 12.8 Å². The molecule has 0 aromatic heterocycles. The summed E-state index contributed by atoms with van der Waals surface area (Å²) in [6.07, 6.45) is -0.0204. The number of carboxylic acid groups (broad SMARTS) is 1. The summed E-state index contributed by atoms with van der Waals surface area (Å²) in [5.74, 6) is -2.24. The largest absolute Gasteiger partial charge is 0.481 e. The lowest BCUT2D eigenvalue weighted by atomic mass is 10.0. The topological polar surface area (TPSA) is 109 Å². The lowest BCUT2D eigenvalue weighted by molar-refractivity contribution is -0.138. The second-order valence-electron chi connectivity index (χ2n) is 4.44. The van der Waals surface area contributed by atoms with Gasteiger partial charge in [-0.3, -0.25) is 14.4 Å². The summed E-state index contributed by atoms with van der Waals surface area (Å²) < 4.78 is 0. The first-order chi connectivity index (χ1) is 7.15. The van der Waals surface area contributed by atoms with Crippen LogP contribution in [-0.4, -0.2) is 28.4 Å². The summed E-state index contributed by atoms with van der Waals surface area (Å²) in [6, 6.07) is 0. The van der Waals surface area contributed by atoms with Crippen molar-refractivity contribution in [2.75, 3.05) is 0 Å². The molecule has 0 aromatic rings. The minimum atomic E-state index is -1.11. The molecule has 92 valence electrons. The molecule has 0 spiro atoms. The number of primary amides is 1. The molecular formula is C10H18N2O4. The predicted octanol–water partition coefficient (Wildman–Crippen LogP) is -0.133. The van der Waals surface area contributed by atoms with Gasteiger partial charge in [-0.2, -0.15) is 0 Å². The molecule has 4 N–H and O–H groups in total.